The number of nitrogen functional groups attached to an aromatic ring is 1. The number of benzene rings is 1. The largest absolute Gasteiger partial charge is 0.397 e. The SMILES string of the molecule is CCN(C(=O)c1cc(N)c[nH]1)C(C)c1ccc(F)cc1. The Morgan fingerprint density at radius 2 is 2.05 bits per heavy atom. The molecule has 2 aromatic rings. The van der Waals surface area contributed by atoms with E-state index in [0.29, 0.717) is 17.9 Å². The van der Waals surface area contributed by atoms with Crippen LogP contribution in [0, 0.1) is 5.82 Å². The first-order valence-electron chi connectivity index (χ1n) is 6.53. The summed E-state index contributed by atoms with van der Waals surface area (Å²) in [5, 5.41) is 0. The van der Waals surface area contributed by atoms with Gasteiger partial charge in [0.05, 0.1) is 6.04 Å². The second-order valence-corrected chi connectivity index (χ2v) is 4.67. The zero-order valence-electron chi connectivity index (χ0n) is 11.6. The number of nitrogens with one attached hydrogen (secondary N) is 1. The van der Waals surface area contributed by atoms with Crippen LogP contribution in [0.1, 0.15) is 35.9 Å². The Kier molecular flexibility index (Phi) is 4.08. The van der Waals surface area contributed by atoms with E-state index in [2.05, 4.69) is 4.98 Å². The fourth-order valence-electron chi connectivity index (χ4n) is 2.20. The van der Waals surface area contributed by atoms with Crippen LogP contribution in [0.5, 0.6) is 0 Å². The highest BCUT2D eigenvalue weighted by atomic mass is 19.1. The number of anilines is 1. The van der Waals surface area contributed by atoms with Crippen LogP contribution < -0.4 is 5.73 Å². The molecule has 1 atom stereocenters. The maximum atomic E-state index is 13.0. The average molecular weight is 275 g/mol. The molecule has 0 bridgehead atoms. The van der Waals surface area contributed by atoms with Crippen molar-refractivity contribution in [1.29, 1.82) is 0 Å². The molecule has 3 N–H and O–H groups in total. The van der Waals surface area contributed by atoms with Crippen LogP contribution >= 0.6 is 0 Å². The maximum absolute atomic E-state index is 13.0. The number of halogens is 1. The molecule has 0 radical (unpaired) electrons. The fourth-order valence-corrected chi connectivity index (χ4v) is 2.20. The molecule has 0 saturated heterocycles. The smallest absolute Gasteiger partial charge is 0.270 e. The number of H-pyrrole nitrogens is 1. The lowest BCUT2D eigenvalue weighted by Crippen LogP contribution is -2.33. The molecule has 106 valence electrons. The van der Waals surface area contributed by atoms with Crippen molar-refractivity contribution in [3.05, 3.63) is 53.6 Å². The van der Waals surface area contributed by atoms with Gasteiger partial charge in [0.1, 0.15) is 11.5 Å². The lowest BCUT2D eigenvalue weighted by Gasteiger charge is -2.28. The highest BCUT2D eigenvalue weighted by molar-refractivity contribution is 5.93. The zero-order valence-corrected chi connectivity index (χ0v) is 11.6. The van der Waals surface area contributed by atoms with Crippen LogP contribution in [0.15, 0.2) is 36.5 Å². The van der Waals surface area contributed by atoms with E-state index in [9.17, 15) is 9.18 Å². The Morgan fingerprint density at radius 3 is 2.55 bits per heavy atom. The number of rotatable bonds is 4. The summed E-state index contributed by atoms with van der Waals surface area (Å²) >= 11 is 0. The van der Waals surface area contributed by atoms with E-state index in [-0.39, 0.29) is 17.8 Å². The van der Waals surface area contributed by atoms with Crippen LogP contribution in [0.25, 0.3) is 0 Å². The van der Waals surface area contributed by atoms with Crippen LogP contribution in [0.2, 0.25) is 0 Å². The number of aromatic amines is 1. The van der Waals surface area contributed by atoms with Crippen LogP contribution in [0.4, 0.5) is 10.1 Å². The summed E-state index contributed by atoms with van der Waals surface area (Å²) < 4.78 is 13.0. The number of nitrogens with zero attached hydrogens (tertiary/aromatic N) is 1. The molecule has 0 spiro atoms. The molecule has 1 unspecified atom stereocenters. The van der Waals surface area contributed by atoms with E-state index in [1.54, 1.807) is 29.3 Å². The van der Waals surface area contributed by atoms with Crippen molar-refractivity contribution in [2.24, 2.45) is 0 Å². The van der Waals surface area contributed by atoms with Crippen LogP contribution in [-0.4, -0.2) is 22.3 Å². The molecular weight excluding hydrogens is 257 g/mol. The highest BCUT2D eigenvalue weighted by Gasteiger charge is 2.22. The quantitative estimate of drug-likeness (QED) is 0.901. The summed E-state index contributed by atoms with van der Waals surface area (Å²) in [5.41, 5.74) is 7.49. The standard InChI is InChI=1S/C15H18FN3O/c1-3-19(15(20)14-8-13(17)9-18-14)10(2)11-4-6-12(16)7-5-11/h4-10,18H,3,17H2,1-2H3. The van der Waals surface area contributed by atoms with E-state index in [1.807, 2.05) is 13.8 Å². The first-order chi connectivity index (χ1) is 9.52. The minimum atomic E-state index is -0.285. The van der Waals surface area contributed by atoms with Crippen molar-refractivity contribution in [2.75, 3.05) is 12.3 Å². The Hall–Kier alpha value is -2.30. The minimum absolute atomic E-state index is 0.124. The van der Waals surface area contributed by atoms with Crippen LogP contribution in [-0.2, 0) is 0 Å². The molecule has 1 heterocycles. The highest BCUT2D eigenvalue weighted by Crippen LogP contribution is 2.22. The lowest BCUT2D eigenvalue weighted by molar-refractivity contribution is 0.0697. The van der Waals surface area contributed by atoms with E-state index in [0.717, 1.165) is 5.56 Å². The molecule has 20 heavy (non-hydrogen) atoms. The molecule has 0 aliphatic rings. The number of aromatic nitrogens is 1. The minimum Gasteiger partial charge on any atom is -0.397 e. The van der Waals surface area contributed by atoms with Crippen molar-refractivity contribution in [3.63, 3.8) is 0 Å². The van der Waals surface area contributed by atoms with E-state index < -0.39 is 0 Å². The van der Waals surface area contributed by atoms with E-state index in [4.69, 9.17) is 5.73 Å². The van der Waals surface area contributed by atoms with Gasteiger partial charge >= 0.3 is 0 Å². The third kappa shape index (κ3) is 2.82. The number of nitrogens with two attached hydrogens (primary N) is 1. The van der Waals surface area contributed by atoms with Gasteiger partial charge in [0.2, 0.25) is 0 Å². The van der Waals surface area contributed by atoms with Gasteiger partial charge in [-0.05, 0) is 37.6 Å². The van der Waals surface area contributed by atoms with Crippen LogP contribution in [0.3, 0.4) is 0 Å². The Balaban J connectivity index is 2.23. The van der Waals surface area contributed by atoms with Gasteiger partial charge in [-0.15, -0.1) is 0 Å². The third-order valence-corrected chi connectivity index (χ3v) is 3.36. The van der Waals surface area contributed by atoms with Gasteiger partial charge in [-0.1, -0.05) is 12.1 Å². The van der Waals surface area contributed by atoms with Crippen molar-refractivity contribution in [1.82, 2.24) is 9.88 Å². The summed E-state index contributed by atoms with van der Waals surface area (Å²) in [6.45, 7) is 4.38. The predicted molar refractivity (Wildman–Crippen MR) is 76.7 cm³/mol. The lowest BCUT2D eigenvalue weighted by atomic mass is 10.1. The predicted octanol–water partition coefficient (Wildman–Crippen LogP) is 2.96. The molecule has 0 fully saturated rings. The summed E-state index contributed by atoms with van der Waals surface area (Å²) in [6, 6.07) is 7.66. The normalized spacial score (nSPS) is 12.2. The summed E-state index contributed by atoms with van der Waals surface area (Å²) in [7, 11) is 0. The number of hydrogen-bond acceptors (Lipinski definition) is 2. The molecular formula is C15H18FN3O. The third-order valence-electron chi connectivity index (χ3n) is 3.36. The maximum Gasteiger partial charge on any atom is 0.270 e. The monoisotopic (exact) mass is 275 g/mol. The summed E-state index contributed by atoms with van der Waals surface area (Å²) in [5.74, 6) is -0.409. The van der Waals surface area contributed by atoms with Crippen molar-refractivity contribution in [3.8, 4) is 0 Å². The van der Waals surface area contributed by atoms with Gasteiger partial charge in [0.25, 0.3) is 5.91 Å². The number of hydrogen-bond donors (Lipinski definition) is 2. The Labute approximate surface area is 117 Å². The Bertz CT molecular complexity index is 591. The number of carbonyl (C=O) groups is 1. The van der Waals surface area contributed by atoms with Gasteiger partial charge in [0, 0.05) is 18.4 Å². The molecule has 4 nitrogen and oxygen atoms in total. The van der Waals surface area contributed by atoms with Gasteiger partial charge < -0.3 is 15.6 Å². The second kappa shape index (κ2) is 5.77. The topological polar surface area (TPSA) is 62.1 Å². The molecule has 0 aliphatic heterocycles. The zero-order chi connectivity index (χ0) is 14.7. The fraction of sp³-hybridized carbons (Fsp3) is 0.267. The van der Waals surface area contributed by atoms with Gasteiger partial charge in [-0.2, -0.15) is 0 Å². The van der Waals surface area contributed by atoms with Crippen molar-refractivity contribution < 1.29 is 9.18 Å². The molecule has 1 aromatic heterocycles. The summed E-state index contributed by atoms with van der Waals surface area (Å²) in [4.78, 5) is 17.0. The molecule has 1 amide bonds. The van der Waals surface area contributed by atoms with Crippen molar-refractivity contribution >= 4 is 11.6 Å². The molecule has 0 aliphatic carbocycles. The number of amides is 1. The van der Waals surface area contributed by atoms with E-state index in [1.165, 1.54) is 12.1 Å². The second-order valence-electron chi connectivity index (χ2n) is 4.67. The number of carbonyl (C=O) groups excluding carboxylic acids is 1. The molecule has 1 aromatic carbocycles. The Morgan fingerprint density at radius 1 is 1.40 bits per heavy atom. The van der Waals surface area contributed by atoms with Crippen molar-refractivity contribution in [2.45, 2.75) is 19.9 Å². The van der Waals surface area contributed by atoms with E-state index >= 15 is 0 Å². The summed E-state index contributed by atoms with van der Waals surface area (Å²) in [6.07, 6.45) is 1.59. The average Bonchev–Trinajstić information content (AvgIpc) is 2.86. The van der Waals surface area contributed by atoms with Gasteiger partial charge in [-0.25, -0.2) is 4.39 Å². The first kappa shape index (κ1) is 14.1. The molecule has 2 rings (SSSR count). The molecule has 0 saturated carbocycles. The van der Waals surface area contributed by atoms with Gasteiger partial charge in [0.15, 0.2) is 0 Å². The molecule has 5 heteroatoms. The first-order valence-corrected chi connectivity index (χ1v) is 6.53. The van der Waals surface area contributed by atoms with Gasteiger partial charge in [-0.3, -0.25) is 4.79 Å².